The van der Waals surface area contributed by atoms with Gasteiger partial charge in [-0.2, -0.15) is 5.23 Å². The van der Waals surface area contributed by atoms with Crippen molar-refractivity contribution in [3.05, 3.63) is 45.5 Å². The number of fused-ring (bicyclic) bond motifs is 1. The first-order valence-corrected chi connectivity index (χ1v) is 6.83. The number of unbranched alkanes of at least 4 members (excludes halogenated alkanes) is 1. The van der Waals surface area contributed by atoms with Crippen LogP contribution in [0.5, 0.6) is 0 Å². The lowest BCUT2D eigenvalue weighted by Gasteiger charge is -2.11. The van der Waals surface area contributed by atoms with Crippen molar-refractivity contribution in [2.75, 3.05) is 0 Å². The summed E-state index contributed by atoms with van der Waals surface area (Å²) in [4.78, 5) is 23.6. The zero-order valence-electron chi connectivity index (χ0n) is 11.7. The largest absolute Gasteiger partial charge is 0.595 e. The summed E-state index contributed by atoms with van der Waals surface area (Å²) in [6.07, 6.45) is 2.17. The van der Waals surface area contributed by atoms with Gasteiger partial charge < -0.3 is 9.62 Å². The molecule has 1 aromatic carbocycles. The number of nitrogens with one attached hydrogen (secondary N) is 1. The predicted molar refractivity (Wildman–Crippen MR) is 76.5 cm³/mol. The Kier molecular flexibility index (Phi) is 4.85. The highest BCUT2D eigenvalue weighted by molar-refractivity contribution is 5.83. The summed E-state index contributed by atoms with van der Waals surface area (Å²) in [5, 5.41) is 19.4. The molecule has 1 heterocycles. The topological polar surface area (TPSA) is 95.0 Å². The maximum absolute atomic E-state index is 11.8. The van der Waals surface area contributed by atoms with E-state index in [1.807, 2.05) is 6.92 Å². The lowest BCUT2D eigenvalue weighted by Crippen LogP contribution is -2.99. The molecule has 6 heteroatoms. The number of Topliss-reactive ketones (excluding diaryl/α,β-unsaturated/α-hetero) is 1. The molecule has 2 N–H and O–H groups in total. The van der Waals surface area contributed by atoms with E-state index in [-0.39, 0.29) is 23.5 Å². The van der Waals surface area contributed by atoms with Crippen LogP contribution < -0.4 is 10.9 Å². The average Bonchev–Trinajstić information content (AvgIpc) is 2.45. The van der Waals surface area contributed by atoms with E-state index in [0.717, 1.165) is 12.8 Å². The number of carbonyl (C=O) groups excluding carboxylic acids is 1. The van der Waals surface area contributed by atoms with Crippen LogP contribution in [0.1, 0.15) is 31.7 Å². The SMILES string of the molecule is CCCCC(=O)Cc1cc2cc([NH+]([O-])O)ccc2oc1=O. The summed E-state index contributed by atoms with van der Waals surface area (Å²) in [6, 6.07) is 5.79. The molecule has 0 spiro atoms. The average molecular weight is 291 g/mol. The third-order valence-corrected chi connectivity index (χ3v) is 3.25. The van der Waals surface area contributed by atoms with E-state index in [0.29, 0.717) is 17.4 Å². The van der Waals surface area contributed by atoms with E-state index in [4.69, 9.17) is 9.62 Å². The second kappa shape index (κ2) is 6.62. The van der Waals surface area contributed by atoms with E-state index in [1.165, 1.54) is 24.3 Å². The molecule has 0 aliphatic rings. The van der Waals surface area contributed by atoms with Crippen LogP contribution in [0.4, 0.5) is 5.69 Å². The standard InChI is InChI=1S/C15H17NO5/c1-2-3-4-13(17)9-11-7-10-8-12(16(19)20)5-6-14(10)21-15(11)18/h5-8,16,19H,2-4,9H2,1H3. The van der Waals surface area contributed by atoms with Gasteiger partial charge in [0.2, 0.25) is 0 Å². The fourth-order valence-electron chi connectivity index (χ4n) is 2.10. The Balaban J connectivity index is 2.33. The molecule has 0 aliphatic carbocycles. The Labute approximate surface area is 121 Å². The van der Waals surface area contributed by atoms with E-state index < -0.39 is 10.9 Å². The third kappa shape index (κ3) is 3.75. The lowest BCUT2D eigenvalue weighted by atomic mass is 10.1. The van der Waals surface area contributed by atoms with Crippen LogP contribution >= 0.6 is 0 Å². The molecule has 0 aliphatic heterocycles. The first-order valence-electron chi connectivity index (χ1n) is 6.83. The molecular weight excluding hydrogens is 274 g/mol. The first kappa shape index (κ1) is 15.4. The van der Waals surface area contributed by atoms with Crippen molar-refractivity contribution < 1.29 is 19.6 Å². The summed E-state index contributed by atoms with van der Waals surface area (Å²) in [6.45, 7) is 1.99. The molecule has 1 aromatic heterocycles. The molecule has 21 heavy (non-hydrogen) atoms. The molecule has 0 amide bonds. The monoisotopic (exact) mass is 291 g/mol. The molecule has 6 nitrogen and oxygen atoms in total. The maximum atomic E-state index is 11.8. The molecule has 0 bridgehead atoms. The zero-order chi connectivity index (χ0) is 15.4. The first-order chi connectivity index (χ1) is 10.0. The van der Waals surface area contributed by atoms with Gasteiger partial charge in [-0.3, -0.25) is 4.79 Å². The van der Waals surface area contributed by atoms with Gasteiger partial charge in [-0.25, -0.2) is 10.0 Å². The van der Waals surface area contributed by atoms with E-state index in [1.54, 1.807) is 0 Å². The fourth-order valence-corrected chi connectivity index (χ4v) is 2.10. The molecule has 1 atom stereocenters. The molecule has 1 unspecified atom stereocenters. The summed E-state index contributed by atoms with van der Waals surface area (Å²) >= 11 is 0. The second-order valence-corrected chi connectivity index (χ2v) is 4.94. The Morgan fingerprint density at radius 1 is 1.38 bits per heavy atom. The van der Waals surface area contributed by atoms with Gasteiger partial charge >= 0.3 is 5.63 Å². The van der Waals surface area contributed by atoms with Crippen molar-refractivity contribution in [1.29, 1.82) is 0 Å². The number of ketones is 1. The summed E-state index contributed by atoms with van der Waals surface area (Å²) in [7, 11) is 0. The predicted octanol–water partition coefficient (Wildman–Crippen LogP) is 1.50. The Hall–Kier alpha value is -2.02. The smallest absolute Gasteiger partial charge is 0.339 e. The van der Waals surface area contributed by atoms with Crippen molar-refractivity contribution in [2.45, 2.75) is 32.6 Å². The van der Waals surface area contributed by atoms with E-state index in [9.17, 15) is 14.8 Å². The Morgan fingerprint density at radius 2 is 2.14 bits per heavy atom. The molecule has 0 radical (unpaired) electrons. The van der Waals surface area contributed by atoms with Crippen LogP contribution in [0.2, 0.25) is 0 Å². The van der Waals surface area contributed by atoms with Crippen LogP contribution in [0, 0.1) is 5.21 Å². The minimum absolute atomic E-state index is 0.0158. The molecule has 0 fully saturated rings. The van der Waals surface area contributed by atoms with Gasteiger partial charge in [-0.1, -0.05) is 13.3 Å². The van der Waals surface area contributed by atoms with E-state index in [2.05, 4.69) is 0 Å². The second-order valence-electron chi connectivity index (χ2n) is 4.94. The number of carbonyl (C=O) groups is 1. The number of quaternary nitrogens is 1. The van der Waals surface area contributed by atoms with Crippen LogP contribution in [0.25, 0.3) is 11.0 Å². The number of hydrogen-bond acceptors (Lipinski definition) is 5. The number of hydrogen-bond donors (Lipinski definition) is 2. The molecule has 2 aromatic rings. The van der Waals surface area contributed by atoms with Crippen molar-refractivity contribution in [1.82, 2.24) is 0 Å². The molecule has 0 saturated carbocycles. The summed E-state index contributed by atoms with van der Waals surface area (Å²) < 4.78 is 5.13. The summed E-state index contributed by atoms with van der Waals surface area (Å²) in [5.41, 5.74) is 0.149. The van der Waals surface area contributed by atoms with Gasteiger partial charge in [-0.15, -0.1) is 0 Å². The Bertz CT molecular complexity index is 705. The van der Waals surface area contributed by atoms with Crippen LogP contribution in [-0.2, 0) is 11.2 Å². The molecule has 112 valence electrons. The highest BCUT2D eigenvalue weighted by atomic mass is 16.8. The quantitative estimate of drug-likeness (QED) is 0.621. The number of benzene rings is 1. The van der Waals surface area contributed by atoms with Crippen molar-refractivity contribution in [3.63, 3.8) is 0 Å². The normalized spacial score (nSPS) is 12.5. The summed E-state index contributed by atoms with van der Waals surface area (Å²) in [5.74, 6) is -0.0158. The Morgan fingerprint density at radius 3 is 2.81 bits per heavy atom. The molecule has 0 saturated heterocycles. The highest BCUT2D eigenvalue weighted by Crippen LogP contribution is 2.17. The lowest BCUT2D eigenvalue weighted by molar-refractivity contribution is -0.991. The minimum Gasteiger partial charge on any atom is -0.595 e. The van der Waals surface area contributed by atoms with Crippen LogP contribution in [-0.4, -0.2) is 11.0 Å². The van der Waals surface area contributed by atoms with Crippen molar-refractivity contribution in [2.24, 2.45) is 0 Å². The van der Waals surface area contributed by atoms with Gasteiger partial charge in [0.1, 0.15) is 11.4 Å². The van der Waals surface area contributed by atoms with Gasteiger partial charge in [0.25, 0.3) is 0 Å². The molecule has 2 rings (SSSR count). The van der Waals surface area contributed by atoms with Gasteiger partial charge in [-0.05, 0) is 18.6 Å². The van der Waals surface area contributed by atoms with Crippen LogP contribution in [0.3, 0.4) is 0 Å². The third-order valence-electron chi connectivity index (χ3n) is 3.25. The number of rotatable bonds is 6. The van der Waals surface area contributed by atoms with Crippen molar-refractivity contribution >= 4 is 22.4 Å². The fraction of sp³-hybridized carbons (Fsp3) is 0.333. The van der Waals surface area contributed by atoms with Gasteiger partial charge in [0.15, 0.2) is 5.69 Å². The highest BCUT2D eigenvalue weighted by Gasteiger charge is 2.11. The van der Waals surface area contributed by atoms with Gasteiger partial charge in [0.05, 0.1) is 0 Å². The minimum atomic E-state index is -1.05. The van der Waals surface area contributed by atoms with E-state index >= 15 is 0 Å². The zero-order valence-corrected chi connectivity index (χ0v) is 11.7. The maximum Gasteiger partial charge on any atom is 0.339 e. The van der Waals surface area contributed by atoms with Gasteiger partial charge in [0, 0.05) is 35.9 Å². The molecular formula is C15H17NO5. The van der Waals surface area contributed by atoms with Crippen molar-refractivity contribution in [3.8, 4) is 0 Å². The van der Waals surface area contributed by atoms with Crippen LogP contribution in [0.15, 0.2) is 33.5 Å².